The van der Waals surface area contributed by atoms with Gasteiger partial charge in [-0.3, -0.25) is 9.35 Å². The Bertz CT molecular complexity index is 287. The third-order valence-corrected chi connectivity index (χ3v) is 2.48. The minimum atomic E-state index is -4.11. The maximum absolute atomic E-state index is 11.0. The van der Waals surface area contributed by atoms with Gasteiger partial charge in [-0.25, -0.2) is 0 Å². The monoisotopic (exact) mass is 192 g/mol. The summed E-state index contributed by atoms with van der Waals surface area (Å²) >= 11 is 0. The van der Waals surface area contributed by atoms with Crippen molar-refractivity contribution in [3.05, 3.63) is 12.7 Å². The van der Waals surface area contributed by atoms with E-state index < -0.39 is 27.1 Å². The van der Waals surface area contributed by atoms with E-state index in [4.69, 9.17) is 4.55 Å². The van der Waals surface area contributed by atoms with Crippen LogP contribution in [-0.4, -0.2) is 24.5 Å². The van der Waals surface area contributed by atoms with E-state index >= 15 is 0 Å². The summed E-state index contributed by atoms with van der Waals surface area (Å²) in [6, 6.07) is 0. The quantitative estimate of drug-likeness (QED) is 0.524. The summed E-state index contributed by atoms with van der Waals surface area (Å²) in [7, 11) is -4.11. The van der Waals surface area contributed by atoms with Crippen LogP contribution in [0.4, 0.5) is 0 Å². The number of hydrogen-bond acceptors (Lipinski definition) is 3. The molecule has 0 atom stereocenters. The molecule has 12 heavy (non-hydrogen) atoms. The van der Waals surface area contributed by atoms with Gasteiger partial charge in [0.2, 0.25) is 0 Å². The zero-order valence-corrected chi connectivity index (χ0v) is 7.89. The van der Waals surface area contributed by atoms with Crippen molar-refractivity contribution >= 4 is 15.9 Å². The Balaban J connectivity index is 4.65. The Labute approximate surface area is 72.0 Å². The molecule has 0 fully saturated rings. The zero-order valence-electron chi connectivity index (χ0n) is 7.07. The Kier molecular flexibility index (Phi) is 3.17. The highest BCUT2D eigenvalue weighted by Crippen LogP contribution is 2.19. The summed E-state index contributed by atoms with van der Waals surface area (Å²) in [5, 5.41) is 0. The van der Waals surface area contributed by atoms with Crippen LogP contribution in [0, 0.1) is 5.41 Å². The van der Waals surface area contributed by atoms with Gasteiger partial charge in [-0.1, -0.05) is 20.4 Å². The normalized spacial score (nSPS) is 12.6. The van der Waals surface area contributed by atoms with Crippen LogP contribution >= 0.6 is 0 Å². The molecular formula is C7H12O4S. The van der Waals surface area contributed by atoms with Gasteiger partial charge in [0, 0.05) is 5.41 Å². The van der Waals surface area contributed by atoms with E-state index in [1.54, 1.807) is 0 Å². The number of ketones is 1. The topological polar surface area (TPSA) is 71.4 Å². The molecule has 0 saturated heterocycles. The molecule has 1 N–H and O–H groups in total. The number of carbonyl (C=O) groups excluding carboxylic acids is 1. The SMILES string of the molecule is C=CC(=O)C(C)(C)CS(=O)(=O)O. The van der Waals surface area contributed by atoms with Crippen molar-refractivity contribution in [2.24, 2.45) is 5.41 Å². The van der Waals surface area contributed by atoms with Crippen molar-refractivity contribution < 1.29 is 17.8 Å². The summed E-state index contributed by atoms with van der Waals surface area (Å²) in [5.74, 6) is -0.981. The largest absolute Gasteiger partial charge is 0.294 e. The van der Waals surface area contributed by atoms with Crippen molar-refractivity contribution in [1.82, 2.24) is 0 Å². The molecule has 5 heteroatoms. The van der Waals surface area contributed by atoms with E-state index in [1.165, 1.54) is 13.8 Å². The first-order valence-electron chi connectivity index (χ1n) is 3.31. The van der Waals surface area contributed by atoms with Gasteiger partial charge in [-0.05, 0) is 6.08 Å². The Morgan fingerprint density at radius 2 is 2.00 bits per heavy atom. The van der Waals surface area contributed by atoms with Gasteiger partial charge in [-0.2, -0.15) is 8.42 Å². The Hall–Kier alpha value is -0.680. The molecule has 4 nitrogen and oxygen atoms in total. The van der Waals surface area contributed by atoms with Gasteiger partial charge >= 0.3 is 0 Å². The van der Waals surface area contributed by atoms with Crippen molar-refractivity contribution in [3.63, 3.8) is 0 Å². The summed E-state index contributed by atoms with van der Waals surface area (Å²) < 4.78 is 29.4. The highest BCUT2D eigenvalue weighted by Gasteiger charge is 2.30. The third-order valence-electron chi connectivity index (χ3n) is 1.40. The summed E-state index contributed by atoms with van der Waals surface area (Å²) in [5.41, 5.74) is -1.10. The molecule has 0 bridgehead atoms. The van der Waals surface area contributed by atoms with Gasteiger partial charge in [0.25, 0.3) is 10.1 Å². The number of rotatable bonds is 4. The first-order valence-corrected chi connectivity index (χ1v) is 4.92. The summed E-state index contributed by atoms with van der Waals surface area (Å²) in [6.45, 7) is 6.10. The van der Waals surface area contributed by atoms with Gasteiger partial charge in [0.05, 0.1) is 5.75 Å². The molecular weight excluding hydrogens is 180 g/mol. The van der Waals surface area contributed by atoms with E-state index in [-0.39, 0.29) is 0 Å². The van der Waals surface area contributed by atoms with Crippen molar-refractivity contribution in [2.45, 2.75) is 13.8 Å². The van der Waals surface area contributed by atoms with Crippen LogP contribution < -0.4 is 0 Å². The lowest BCUT2D eigenvalue weighted by atomic mass is 9.91. The number of hydrogen-bond donors (Lipinski definition) is 1. The second-order valence-electron chi connectivity index (χ2n) is 3.18. The Morgan fingerprint density at radius 1 is 1.58 bits per heavy atom. The molecule has 70 valence electrons. The second-order valence-corrected chi connectivity index (χ2v) is 4.63. The molecule has 0 aromatic heterocycles. The van der Waals surface area contributed by atoms with Gasteiger partial charge in [0.1, 0.15) is 0 Å². The van der Waals surface area contributed by atoms with E-state index in [1.807, 2.05) is 0 Å². The van der Waals surface area contributed by atoms with Crippen LogP contribution in [0.5, 0.6) is 0 Å². The van der Waals surface area contributed by atoms with Crippen molar-refractivity contribution in [1.29, 1.82) is 0 Å². The maximum atomic E-state index is 11.0. The van der Waals surface area contributed by atoms with Crippen molar-refractivity contribution in [2.75, 3.05) is 5.75 Å². The first kappa shape index (κ1) is 11.3. The van der Waals surface area contributed by atoms with E-state index in [0.717, 1.165) is 6.08 Å². The zero-order chi connectivity index (χ0) is 9.99. The lowest BCUT2D eigenvalue weighted by Crippen LogP contribution is -2.30. The molecule has 0 amide bonds. The molecule has 0 aromatic rings. The predicted octanol–water partition coefficient (Wildman–Crippen LogP) is 0.655. The summed E-state index contributed by atoms with van der Waals surface area (Å²) in [6.07, 6.45) is 1.05. The standard InChI is InChI=1S/C7H12O4S/c1-4-6(8)7(2,3)5-12(9,10)11/h4H,1,5H2,2-3H3,(H,9,10,11). The minimum absolute atomic E-state index is 0.403. The van der Waals surface area contributed by atoms with E-state index in [2.05, 4.69) is 6.58 Å². The van der Waals surface area contributed by atoms with Crippen LogP contribution in [0.3, 0.4) is 0 Å². The fraction of sp³-hybridized carbons (Fsp3) is 0.571. The maximum Gasteiger partial charge on any atom is 0.265 e. The van der Waals surface area contributed by atoms with Crippen LogP contribution in [0.25, 0.3) is 0 Å². The van der Waals surface area contributed by atoms with Gasteiger partial charge in [-0.15, -0.1) is 0 Å². The molecule has 0 aliphatic heterocycles. The van der Waals surface area contributed by atoms with Crippen LogP contribution in [0.15, 0.2) is 12.7 Å². The lowest BCUT2D eigenvalue weighted by Gasteiger charge is -2.18. The number of carbonyl (C=O) groups is 1. The Morgan fingerprint density at radius 3 is 2.25 bits per heavy atom. The number of allylic oxidation sites excluding steroid dienone is 1. The molecule has 0 spiro atoms. The fourth-order valence-corrected chi connectivity index (χ4v) is 1.86. The molecule has 0 saturated carbocycles. The van der Waals surface area contributed by atoms with Gasteiger partial charge in [0.15, 0.2) is 5.78 Å². The second kappa shape index (κ2) is 3.37. The first-order chi connectivity index (χ1) is 5.19. The molecule has 0 heterocycles. The smallest absolute Gasteiger partial charge is 0.265 e. The lowest BCUT2D eigenvalue weighted by molar-refractivity contribution is -0.121. The molecule has 0 radical (unpaired) electrons. The molecule has 0 aliphatic carbocycles. The highest BCUT2D eigenvalue weighted by molar-refractivity contribution is 7.85. The van der Waals surface area contributed by atoms with Crippen LogP contribution in [-0.2, 0) is 14.9 Å². The molecule has 0 rings (SSSR count). The van der Waals surface area contributed by atoms with E-state index in [9.17, 15) is 13.2 Å². The average Bonchev–Trinajstić information content (AvgIpc) is 1.80. The summed E-state index contributed by atoms with van der Waals surface area (Å²) in [4.78, 5) is 11.0. The molecule has 0 unspecified atom stereocenters. The third kappa shape index (κ3) is 3.64. The van der Waals surface area contributed by atoms with E-state index in [0.29, 0.717) is 0 Å². The molecule has 0 aliphatic rings. The van der Waals surface area contributed by atoms with Crippen LogP contribution in [0.2, 0.25) is 0 Å². The van der Waals surface area contributed by atoms with Crippen molar-refractivity contribution in [3.8, 4) is 0 Å². The highest BCUT2D eigenvalue weighted by atomic mass is 32.2. The fourth-order valence-electron chi connectivity index (χ4n) is 0.803. The van der Waals surface area contributed by atoms with Gasteiger partial charge < -0.3 is 0 Å². The minimum Gasteiger partial charge on any atom is -0.294 e. The van der Waals surface area contributed by atoms with Crippen LogP contribution in [0.1, 0.15) is 13.8 Å². The predicted molar refractivity (Wildman–Crippen MR) is 45.4 cm³/mol. The molecule has 0 aromatic carbocycles. The average molecular weight is 192 g/mol.